The Morgan fingerprint density at radius 1 is 0.977 bits per heavy atom. The van der Waals surface area contributed by atoms with Crippen LogP contribution in [-0.2, 0) is 9.47 Å². The minimum Gasteiger partial charge on any atom is -0.444 e. The van der Waals surface area contributed by atoms with Crippen LogP contribution in [0.3, 0.4) is 0 Å². The molecule has 43 heavy (non-hydrogen) atoms. The fourth-order valence-corrected chi connectivity index (χ4v) is 5.96. The average Bonchev–Trinajstić information content (AvgIpc) is 3.03. The predicted octanol–water partition coefficient (Wildman–Crippen LogP) is 4.35. The highest BCUT2D eigenvalue weighted by Gasteiger charge is 2.23. The van der Waals surface area contributed by atoms with Crippen LogP contribution in [0.5, 0.6) is 0 Å². The van der Waals surface area contributed by atoms with Crippen molar-refractivity contribution in [3.8, 4) is 11.3 Å². The number of ether oxygens (including phenoxy) is 2. The van der Waals surface area contributed by atoms with Crippen molar-refractivity contribution >= 4 is 28.7 Å². The van der Waals surface area contributed by atoms with Crippen molar-refractivity contribution in [1.82, 2.24) is 25.5 Å². The number of carbonyl (C=O) groups excluding carboxylic acids is 2. The van der Waals surface area contributed by atoms with Gasteiger partial charge >= 0.3 is 6.09 Å². The van der Waals surface area contributed by atoms with E-state index in [1.807, 2.05) is 55.6 Å². The van der Waals surface area contributed by atoms with E-state index >= 15 is 0 Å². The Labute approximate surface area is 254 Å². The molecule has 1 aromatic carbocycles. The number of alkyl carbamates (subject to hydrolysis) is 1. The van der Waals surface area contributed by atoms with Crippen molar-refractivity contribution in [2.75, 3.05) is 64.9 Å². The number of hydrogen-bond donors (Lipinski definition) is 2. The van der Waals surface area contributed by atoms with Crippen molar-refractivity contribution in [3.63, 3.8) is 0 Å². The van der Waals surface area contributed by atoms with Gasteiger partial charge in [-0.2, -0.15) is 0 Å². The first kappa shape index (κ1) is 30.7. The number of aromatic nitrogens is 2. The molecule has 3 heterocycles. The first-order chi connectivity index (χ1) is 20.9. The number of methoxy groups -OCH3 is 1. The number of pyridine rings is 2. The lowest BCUT2D eigenvalue weighted by molar-refractivity contribution is 0.0481. The van der Waals surface area contributed by atoms with Crippen LogP contribution in [0.15, 0.2) is 48.7 Å². The monoisotopic (exact) mass is 588 g/mol. The maximum atomic E-state index is 13.5. The van der Waals surface area contributed by atoms with E-state index in [1.54, 1.807) is 7.11 Å². The number of hydrogen-bond acceptors (Lipinski definition) is 8. The third-order valence-corrected chi connectivity index (χ3v) is 8.59. The van der Waals surface area contributed by atoms with Crippen LogP contribution < -0.4 is 15.5 Å². The zero-order valence-corrected chi connectivity index (χ0v) is 25.6. The molecule has 0 spiro atoms. The zero-order valence-electron chi connectivity index (χ0n) is 25.6. The molecule has 2 N–H and O–H groups in total. The average molecular weight is 589 g/mol. The van der Waals surface area contributed by atoms with Gasteiger partial charge in [-0.05, 0) is 75.8 Å². The number of fused-ring (bicyclic) bond motifs is 1. The fraction of sp³-hybridized carbons (Fsp3) is 0.515. The topological polar surface area (TPSA) is 109 Å². The van der Waals surface area contributed by atoms with Crippen LogP contribution in [0.25, 0.3) is 22.2 Å². The molecule has 2 fully saturated rings. The van der Waals surface area contributed by atoms with Gasteiger partial charge in [-0.25, -0.2) is 14.8 Å². The number of rotatable bonds is 10. The number of nitrogens with one attached hydrogen (secondary N) is 2. The van der Waals surface area contributed by atoms with Crippen LogP contribution in [-0.4, -0.2) is 93.0 Å². The predicted molar refractivity (Wildman–Crippen MR) is 168 cm³/mol. The van der Waals surface area contributed by atoms with Gasteiger partial charge in [0.25, 0.3) is 5.91 Å². The second kappa shape index (κ2) is 14.6. The lowest BCUT2D eigenvalue weighted by Gasteiger charge is -2.33. The Kier molecular flexibility index (Phi) is 10.4. The maximum Gasteiger partial charge on any atom is 0.407 e. The summed E-state index contributed by atoms with van der Waals surface area (Å²) in [4.78, 5) is 39.7. The summed E-state index contributed by atoms with van der Waals surface area (Å²) in [7, 11) is 3.73. The highest BCUT2D eigenvalue weighted by molar-refractivity contribution is 6.07. The van der Waals surface area contributed by atoms with Crippen molar-refractivity contribution in [2.45, 2.75) is 38.7 Å². The normalized spacial score (nSPS) is 20.0. The number of piperazine rings is 1. The molecule has 230 valence electrons. The highest BCUT2D eigenvalue weighted by Crippen LogP contribution is 2.29. The molecule has 2 amide bonds. The summed E-state index contributed by atoms with van der Waals surface area (Å²) < 4.78 is 10.3. The second-order valence-corrected chi connectivity index (χ2v) is 11.9. The Morgan fingerprint density at radius 3 is 2.35 bits per heavy atom. The summed E-state index contributed by atoms with van der Waals surface area (Å²) in [6.07, 6.45) is 5.22. The minimum atomic E-state index is -0.398. The molecule has 0 radical (unpaired) electrons. The van der Waals surface area contributed by atoms with E-state index in [4.69, 9.17) is 19.4 Å². The molecule has 0 bridgehead atoms. The van der Waals surface area contributed by atoms with Crippen molar-refractivity contribution in [3.05, 3.63) is 54.2 Å². The third-order valence-electron chi connectivity index (χ3n) is 8.59. The van der Waals surface area contributed by atoms with Crippen LogP contribution in [0, 0.1) is 11.8 Å². The first-order valence-corrected chi connectivity index (χ1v) is 15.4. The second-order valence-electron chi connectivity index (χ2n) is 11.9. The van der Waals surface area contributed by atoms with Gasteiger partial charge in [0.1, 0.15) is 11.9 Å². The zero-order chi connectivity index (χ0) is 30.2. The third kappa shape index (κ3) is 8.20. The molecule has 2 aromatic heterocycles. The summed E-state index contributed by atoms with van der Waals surface area (Å²) in [6, 6.07) is 13.8. The van der Waals surface area contributed by atoms with Gasteiger partial charge in [-0.1, -0.05) is 18.2 Å². The number of likely N-dealkylation sites (N-methyl/N-ethyl adjacent to an activating group) is 1. The van der Waals surface area contributed by atoms with Crippen LogP contribution >= 0.6 is 0 Å². The van der Waals surface area contributed by atoms with Gasteiger partial charge in [0, 0.05) is 63.5 Å². The lowest BCUT2D eigenvalue weighted by atomic mass is 9.82. The highest BCUT2D eigenvalue weighted by atomic mass is 16.6. The molecule has 1 saturated carbocycles. The quantitative estimate of drug-likeness (QED) is 0.360. The number of benzene rings is 1. The Balaban J connectivity index is 1.17. The van der Waals surface area contributed by atoms with Gasteiger partial charge in [0.05, 0.1) is 23.4 Å². The van der Waals surface area contributed by atoms with Crippen molar-refractivity contribution in [1.29, 1.82) is 0 Å². The lowest BCUT2D eigenvalue weighted by Crippen LogP contribution is -2.44. The van der Waals surface area contributed by atoms with Crippen molar-refractivity contribution < 1.29 is 19.1 Å². The molecular formula is C33H44N6O4. The van der Waals surface area contributed by atoms with Gasteiger partial charge in [-0.3, -0.25) is 4.79 Å². The smallest absolute Gasteiger partial charge is 0.407 e. The summed E-state index contributed by atoms with van der Waals surface area (Å²) in [5.74, 6) is 1.71. The molecule has 1 aliphatic heterocycles. The Bertz CT molecular complexity index is 1370. The maximum absolute atomic E-state index is 13.5. The summed E-state index contributed by atoms with van der Waals surface area (Å²) in [5, 5.41) is 6.92. The summed E-state index contributed by atoms with van der Waals surface area (Å²) in [6.45, 7) is 7.39. The molecule has 1 atom stereocenters. The van der Waals surface area contributed by atoms with Crippen molar-refractivity contribution in [2.24, 2.45) is 11.8 Å². The van der Waals surface area contributed by atoms with Crippen LogP contribution in [0.4, 0.5) is 10.6 Å². The Hall–Kier alpha value is -3.76. The number of anilines is 1. The van der Waals surface area contributed by atoms with E-state index < -0.39 is 6.09 Å². The van der Waals surface area contributed by atoms with E-state index in [1.165, 1.54) is 0 Å². The minimum absolute atomic E-state index is 0.0846. The molecule has 10 nitrogen and oxygen atoms in total. The van der Waals surface area contributed by atoms with Gasteiger partial charge in [-0.15, -0.1) is 0 Å². The van der Waals surface area contributed by atoms with E-state index in [2.05, 4.69) is 27.5 Å². The molecule has 5 rings (SSSR count). The number of para-hydroxylation sites is 1. The van der Waals surface area contributed by atoms with E-state index in [-0.39, 0.29) is 12.0 Å². The largest absolute Gasteiger partial charge is 0.444 e. The molecule has 10 heteroatoms. The molecule has 2 aliphatic rings. The summed E-state index contributed by atoms with van der Waals surface area (Å²) in [5.41, 5.74) is 3.05. The SMILES string of the molecule is COC[C@@H](C)OC(=O)NCC1CCC(CNC(=O)c2cc(-c3ccc(N4CCN(C)CC4)nc3)nc3ccccc23)CC1. The number of amides is 2. The van der Waals surface area contributed by atoms with Gasteiger partial charge in [0.2, 0.25) is 0 Å². The van der Waals surface area contributed by atoms with Crippen LogP contribution in [0.2, 0.25) is 0 Å². The van der Waals surface area contributed by atoms with E-state index in [0.29, 0.717) is 37.1 Å². The summed E-state index contributed by atoms with van der Waals surface area (Å²) >= 11 is 0. The number of nitrogens with zero attached hydrogens (tertiary/aromatic N) is 4. The molecule has 3 aromatic rings. The van der Waals surface area contributed by atoms with E-state index in [0.717, 1.165) is 79.8 Å². The number of carbonyl (C=O) groups is 2. The van der Waals surface area contributed by atoms with E-state index in [9.17, 15) is 9.59 Å². The first-order valence-electron chi connectivity index (χ1n) is 15.4. The molecule has 1 saturated heterocycles. The van der Waals surface area contributed by atoms with Gasteiger partial charge < -0.3 is 29.9 Å². The van der Waals surface area contributed by atoms with Gasteiger partial charge in [0.15, 0.2) is 0 Å². The van der Waals surface area contributed by atoms with Crippen LogP contribution in [0.1, 0.15) is 43.0 Å². The molecular weight excluding hydrogens is 544 g/mol. The fourth-order valence-electron chi connectivity index (χ4n) is 5.96. The molecule has 1 aliphatic carbocycles. The Morgan fingerprint density at radius 2 is 1.67 bits per heavy atom. The standard InChI is InChI=1S/C33H44N6O4/c1-23(22-42-3)43-33(41)36-20-25-10-8-24(9-11-25)19-35-32(40)28-18-30(37-29-7-5-4-6-27(28)29)26-12-13-31(34-21-26)39-16-14-38(2)15-17-39/h4-7,12-13,18,21,23-25H,8-11,14-17,19-20,22H2,1-3H3,(H,35,40)(H,36,41)/t23-,24?,25?/m1/s1. The molecule has 0 unspecified atom stereocenters.